The zero-order chi connectivity index (χ0) is 22.3. The highest BCUT2D eigenvalue weighted by Gasteiger charge is 2.31. The summed E-state index contributed by atoms with van der Waals surface area (Å²) < 4.78 is 25.8. The van der Waals surface area contributed by atoms with Crippen molar-refractivity contribution in [2.75, 3.05) is 18.1 Å². The van der Waals surface area contributed by atoms with Crippen LogP contribution in [0.15, 0.2) is 48.0 Å². The summed E-state index contributed by atoms with van der Waals surface area (Å²) in [6.45, 7) is 5.59. The summed E-state index contributed by atoms with van der Waals surface area (Å²) in [5.74, 6) is 0.710. The Morgan fingerprint density at radius 1 is 1.25 bits per heavy atom. The number of sulfone groups is 1. The quantitative estimate of drug-likeness (QED) is 0.423. The molecule has 8 heteroatoms. The van der Waals surface area contributed by atoms with Gasteiger partial charge in [-0.1, -0.05) is 24.3 Å². The van der Waals surface area contributed by atoms with Crippen molar-refractivity contribution < 1.29 is 8.42 Å². The highest BCUT2D eigenvalue weighted by atomic mass is 32.2. The molecule has 4 aromatic rings. The molecule has 0 bridgehead atoms. The van der Waals surface area contributed by atoms with Gasteiger partial charge in [0.05, 0.1) is 23.2 Å². The Bertz CT molecular complexity index is 1340. The lowest BCUT2D eigenvalue weighted by atomic mass is 9.96. The molecule has 3 aromatic heterocycles. The number of hydrogen-bond donors (Lipinski definition) is 2. The molecule has 0 amide bonds. The molecular formula is C24H28N4O2S2. The van der Waals surface area contributed by atoms with Gasteiger partial charge in [0.1, 0.15) is 0 Å². The third-order valence-electron chi connectivity index (χ3n) is 6.56. The van der Waals surface area contributed by atoms with Gasteiger partial charge < -0.3 is 10.3 Å². The number of aryl methyl sites for hydroxylation is 1. The average Bonchev–Trinajstić information content (AvgIpc) is 3.55. The van der Waals surface area contributed by atoms with Crippen LogP contribution in [0.2, 0.25) is 0 Å². The Labute approximate surface area is 192 Å². The van der Waals surface area contributed by atoms with Gasteiger partial charge in [0, 0.05) is 52.2 Å². The predicted octanol–water partition coefficient (Wildman–Crippen LogP) is 4.32. The highest BCUT2D eigenvalue weighted by Crippen LogP contribution is 2.33. The molecule has 1 aliphatic heterocycles. The summed E-state index contributed by atoms with van der Waals surface area (Å²) in [4.78, 5) is 4.75. The fourth-order valence-electron chi connectivity index (χ4n) is 4.85. The van der Waals surface area contributed by atoms with Crippen LogP contribution in [0.5, 0.6) is 0 Å². The number of rotatable bonds is 7. The van der Waals surface area contributed by atoms with E-state index in [1.807, 2.05) is 11.6 Å². The van der Waals surface area contributed by atoms with E-state index in [1.54, 1.807) is 11.3 Å². The van der Waals surface area contributed by atoms with Crippen molar-refractivity contribution in [2.45, 2.75) is 38.8 Å². The molecule has 4 heterocycles. The summed E-state index contributed by atoms with van der Waals surface area (Å²) >= 11 is 1.78. The predicted molar refractivity (Wildman–Crippen MR) is 130 cm³/mol. The number of nitrogens with one attached hydrogen (secondary N) is 2. The number of fused-ring (bicyclic) bond motifs is 1. The Hall–Kier alpha value is -2.42. The van der Waals surface area contributed by atoms with Crippen LogP contribution in [-0.4, -0.2) is 41.2 Å². The fraction of sp³-hybridized carbons (Fsp3) is 0.375. The molecule has 6 nitrogen and oxygen atoms in total. The van der Waals surface area contributed by atoms with E-state index in [0.717, 1.165) is 29.0 Å². The lowest BCUT2D eigenvalue weighted by molar-refractivity contribution is 0.485. The monoisotopic (exact) mass is 468 g/mol. The van der Waals surface area contributed by atoms with E-state index >= 15 is 0 Å². The molecule has 32 heavy (non-hydrogen) atoms. The van der Waals surface area contributed by atoms with Crippen molar-refractivity contribution in [3.05, 3.63) is 75.4 Å². The number of aromatic nitrogens is 3. The molecule has 0 spiro atoms. The summed E-state index contributed by atoms with van der Waals surface area (Å²) in [5, 5.41) is 11.8. The third-order valence-corrected chi connectivity index (χ3v) is 9.30. The van der Waals surface area contributed by atoms with E-state index in [-0.39, 0.29) is 23.5 Å². The van der Waals surface area contributed by atoms with Crippen molar-refractivity contribution in [1.29, 1.82) is 0 Å². The number of para-hydroxylation sites is 1. The van der Waals surface area contributed by atoms with Gasteiger partial charge in [-0.3, -0.25) is 4.68 Å². The smallest absolute Gasteiger partial charge is 0.152 e. The number of benzene rings is 1. The first-order valence-electron chi connectivity index (χ1n) is 11.0. The molecule has 0 radical (unpaired) electrons. The van der Waals surface area contributed by atoms with Gasteiger partial charge in [0.15, 0.2) is 9.84 Å². The largest absolute Gasteiger partial charge is 0.361 e. The molecule has 168 valence electrons. The summed E-state index contributed by atoms with van der Waals surface area (Å²) in [7, 11) is -2.94. The first-order valence-corrected chi connectivity index (χ1v) is 13.7. The maximum atomic E-state index is 11.9. The van der Waals surface area contributed by atoms with Crippen LogP contribution in [0.4, 0.5) is 0 Å². The normalized spacial score (nSPS) is 19.0. The number of hydrogen-bond acceptors (Lipinski definition) is 5. The molecule has 0 aliphatic carbocycles. The van der Waals surface area contributed by atoms with Crippen molar-refractivity contribution in [3.63, 3.8) is 0 Å². The van der Waals surface area contributed by atoms with Crippen LogP contribution in [-0.2, 0) is 16.4 Å². The SMILES string of the molecule is Cc1nn([C@@H]2CCS(=O)(=O)C2)c(C)c1CNC[C@H](c1cccs1)c1c[nH]c2ccccc12. The van der Waals surface area contributed by atoms with Crippen LogP contribution < -0.4 is 5.32 Å². The molecular weight excluding hydrogens is 440 g/mol. The zero-order valence-corrected chi connectivity index (χ0v) is 20.0. The summed E-state index contributed by atoms with van der Waals surface area (Å²) in [5.41, 5.74) is 5.66. The van der Waals surface area contributed by atoms with Crippen LogP contribution in [0.25, 0.3) is 10.9 Å². The lowest BCUT2D eigenvalue weighted by Crippen LogP contribution is -2.22. The zero-order valence-electron chi connectivity index (χ0n) is 18.3. The van der Waals surface area contributed by atoms with E-state index in [1.165, 1.54) is 15.8 Å². The maximum absolute atomic E-state index is 11.9. The molecule has 0 saturated carbocycles. The van der Waals surface area contributed by atoms with Gasteiger partial charge in [0.2, 0.25) is 0 Å². The second kappa shape index (κ2) is 8.50. The summed E-state index contributed by atoms with van der Waals surface area (Å²) in [6.07, 6.45) is 2.78. The molecule has 1 fully saturated rings. The van der Waals surface area contributed by atoms with Crippen LogP contribution in [0.3, 0.4) is 0 Å². The minimum Gasteiger partial charge on any atom is -0.361 e. The van der Waals surface area contributed by atoms with Crippen molar-refractivity contribution in [1.82, 2.24) is 20.1 Å². The number of aromatic amines is 1. The Kier molecular flexibility index (Phi) is 5.69. The first kappa shape index (κ1) is 21.4. The topological polar surface area (TPSA) is 79.8 Å². The van der Waals surface area contributed by atoms with Gasteiger partial charge in [-0.2, -0.15) is 5.10 Å². The minimum absolute atomic E-state index is 0.0439. The Morgan fingerprint density at radius 2 is 2.09 bits per heavy atom. The second-order valence-electron chi connectivity index (χ2n) is 8.64. The fourth-order valence-corrected chi connectivity index (χ4v) is 7.39. The molecule has 1 saturated heterocycles. The number of H-pyrrole nitrogens is 1. The van der Waals surface area contributed by atoms with E-state index in [9.17, 15) is 8.42 Å². The van der Waals surface area contributed by atoms with E-state index in [2.05, 4.69) is 65.2 Å². The number of nitrogens with zero attached hydrogens (tertiary/aromatic N) is 2. The van der Waals surface area contributed by atoms with Crippen LogP contribution >= 0.6 is 11.3 Å². The van der Waals surface area contributed by atoms with Gasteiger partial charge >= 0.3 is 0 Å². The Morgan fingerprint density at radius 3 is 2.84 bits per heavy atom. The molecule has 5 rings (SSSR count). The van der Waals surface area contributed by atoms with Gasteiger partial charge in [-0.25, -0.2) is 8.42 Å². The standard InChI is InChI=1S/C24H28N4O2S2/c1-16-20(17(2)28(27-16)18-9-11-32(29,30)15-18)12-25-13-22(24-8-5-10-31-24)21-14-26-23-7-4-3-6-19(21)23/h3-8,10,14,18,22,25-26H,9,11-13,15H2,1-2H3/t18-,22+/m1/s1. The number of thiophene rings is 1. The van der Waals surface area contributed by atoms with Crippen LogP contribution in [0, 0.1) is 13.8 Å². The lowest BCUT2D eigenvalue weighted by Gasteiger charge is -2.17. The molecule has 1 aromatic carbocycles. The molecule has 1 aliphatic rings. The average molecular weight is 469 g/mol. The van der Waals surface area contributed by atoms with Crippen molar-refractivity contribution in [3.8, 4) is 0 Å². The van der Waals surface area contributed by atoms with Gasteiger partial charge in [-0.05, 0) is 43.3 Å². The van der Waals surface area contributed by atoms with E-state index < -0.39 is 9.84 Å². The molecule has 2 N–H and O–H groups in total. The van der Waals surface area contributed by atoms with Gasteiger partial charge in [-0.15, -0.1) is 11.3 Å². The van der Waals surface area contributed by atoms with Crippen molar-refractivity contribution >= 4 is 32.1 Å². The van der Waals surface area contributed by atoms with Gasteiger partial charge in [0.25, 0.3) is 0 Å². The highest BCUT2D eigenvalue weighted by molar-refractivity contribution is 7.91. The molecule has 2 atom stereocenters. The third kappa shape index (κ3) is 4.02. The van der Waals surface area contributed by atoms with Crippen molar-refractivity contribution in [2.24, 2.45) is 0 Å². The molecule has 0 unspecified atom stereocenters. The van der Waals surface area contributed by atoms with Crippen LogP contribution in [0.1, 0.15) is 45.8 Å². The van der Waals surface area contributed by atoms with E-state index in [0.29, 0.717) is 13.0 Å². The summed E-state index contributed by atoms with van der Waals surface area (Å²) in [6, 6.07) is 12.7. The minimum atomic E-state index is -2.94. The Balaban J connectivity index is 1.35. The second-order valence-corrected chi connectivity index (χ2v) is 11.8. The maximum Gasteiger partial charge on any atom is 0.152 e. The first-order chi connectivity index (χ1) is 15.4. The van der Waals surface area contributed by atoms with E-state index in [4.69, 9.17) is 5.10 Å².